The fraction of sp³-hybridized carbons (Fsp3) is 0.929. The molecule has 0 bridgehead atoms. The molecule has 21 heavy (non-hydrogen) atoms. The quantitative estimate of drug-likeness (QED) is 0.788. The summed E-state index contributed by atoms with van der Waals surface area (Å²) in [5.41, 5.74) is -0.394. The molecule has 0 aromatic heterocycles. The molecule has 1 saturated heterocycles. The van der Waals surface area contributed by atoms with Crippen LogP contribution in [0.3, 0.4) is 0 Å². The molecule has 4 nitrogen and oxygen atoms in total. The van der Waals surface area contributed by atoms with Gasteiger partial charge in [0.05, 0.1) is 13.1 Å². The number of nitrogens with zero attached hydrogens (tertiary/aromatic N) is 1. The molecule has 1 aliphatic heterocycles. The van der Waals surface area contributed by atoms with E-state index in [1.165, 1.54) is 4.90 Å². The van der Waals surface area contributed by atoms with Crippen LogP contribution in [0.4, 0.5) is 13.2 Å². The standard InChI is InChI=1S/C14H26F3N3O/c1-4-13(2,3)19-12(21)9-20(10-14(15,16)17)11-5-7-18-8-6-11/h11,18H,4-10H2,1-3H3,(H,19,21). The number of hydrogen-bond donors (Lipinski definition) is 2. The van der Waals surface area contributed by atoms with Crippen molar-refractivity contribution < 1.29 is 18.0 Å². The van der Waals surface area contributed by atoms with Crippen LogP contribution in [0.5, 0.6) is 0 Å². The first-order chi connectivity index (χ1) is 9.63. The smallest absolute Gasteiger partial charge is 0.350 e. The first-order valence-corrected chi connectivity index (χ1v) is 7.45. The van der Waals surface area contributed by atoms with E-state index in [1.54, 1.807) is 0 Å². The van der Waals surface area contributed by atoms with Gasteiger partial charge in [-0.2, -0.15) is 13.2 Å². The van der Waals surface area contributed by atoms with Gasteiger partial charge < -0.3 is 10.6 Å². The van der Waals surface area contributed by atoms with Gasteiger partial charge in [0.2, 0.25) is 5.91 Å². The highest BCUT2D eigenvalue weighted by Crippen LogP contribution is 2.21. The molecule has 0 aromatic rings. The Morgan fingerprint density at radius 3 is 2.33 bits per heavy atom. The zero-order chi connectivity index (χ0) is 16.1. The van der Waals surface area contributed by atoms with Gasteiger partial charge in [0.15, 0.2) is 0 Å². The van der Waals surface area contributed by atoms with E-state index < -0.39 is 18.3 Å². The highest BCUT2D eigenvalue weighted by atomic mass is 19.4. The number of nitrogens with one attached hydrogen (secondary N) is 2. The van der Waals surface area contributed by atoms with E-state index in [2.05, 4.69) is 10.6 Å². The minimum Gasteiger partial charge on any atom is -0.350 e. The summed E-state index contributed by atoms with van der Waals surface area (Å²) in [4.78, 5) is 13.3. The molecule has 1 heterocycles. The van der Waals surface area contributed by atoms with E-state index in [9.17, 15) is 18.0 Å². The van der Waals surface area contributed by atoms with Crippen molar-refractivity contribution in [2.75, 3.05) is 26.2 Å². The van der Waals surface area contributed by atoms with E-state index >= 15 is 0 Å². The van der Waals surface area contributed by atoms with Crippen LogP contribution in [-0.2, 0) is 4.79 Å². The molecule has 0 spiro atoms. The lowest BCUT2D eigenvalue weighted by atomic mass is 10.0. The third kappa shape index (κ3) is 7.13. The van der Waals surface area contributed by atoms with Gasteiger partial charge in [0.25, 0.3) is 0 Å². The Morgan fingerprint density at radius 2 is 1.86 bits per heavy atom. The Morgan fingerprint density at radius 1 is 1.29 bits per heavy atom. The predicted molar refractivity (Wildman–Crippen MR) is 76.0 cm³/mol. The zero-order valence-electron chi connectivity index (χ0n) is 13.0. The Balaban J connectivity index is 2.65. The normalized spacial score (nSPS) is 18.0. The molecule has 2 N–H and O–H groups in total. The molecule has 1 aliphatic rings. The second-order valence-corrected chi connectivity index (χ2v) is 6.29. The van der Waals surface area contributed by atoms with Crippen LogP contribution >= 0.6 is 0 Å². The van der Waals surface area contributed by atoms with Crippen LogP contribution in [0.1, 0.15) is 40.0 Å². The average molecular weight is 309 g/mol. The summed E-state index contributed by atoms with van der Waals surface area (Å²) in [6.07, 6.45) is -2.28. The van der Waals surface area contributed by atoms with Crippen molar-refractivity contribution in [3.05, 3.63) is 0 Å². The summed E-state index contributed by atoms with van der Waals surface area (Å²) in [6.45, 7) is 5.82. The van der Waals surface area contributed by atoms with Gasteiger partial charge in [-0.15, -0.1) is 0 Å². The van der Waals surface area contributed by atoms with Crippen molar-refractivity contribution in [2.45, 2.75) is 57.8 Å². The third-order valence-electron chi connectivity index (χ3n) is 3.92. The van der Waals surface area contributed by atoms with Gasteiger partial charge in [-0.1, -0.05) is 6.92 Å². The maximum atomic E-state index is 12.7. The Bertz CT molecular complexity index is 339. The van der Waals surface area contributed by atoms with E-state index in [4.69, 9.17) is 0 Å². The van der Waals surface area contributed by atoms with Gasteiger partial charge in [-0.25, -0.2) is 0 Å². The van der Waals surface area contributed by atoms with Gasteiger partial charge in [-0.3, -0.25) is 9.69 Å². The van der Waals surface area contributed by atoms with Crippen LogP contribution in [0.15, 0.2) is 0 Å². The number of rotatable bonds is 6. The van der Waals surface area contributed by atoms with Gasteiger partial charge >= 0.3 is 6.18 Å². The molecule has 124 valence electrons. The lowest BCUT2D eigenvalue weighted by molar-refractivity contribution is -0.155. The Labute approximate surface area is 124 Å². The molecule has 1 fully saturated rings. The Kier molecular flexibility index (Phi) is 6.46. The predicted octanol–water partition coefficient (Wildman–Crippen LogP) is 1.91. The average Bonchev–Trinajstić information content (AvgIpc) is 2.37. The monoisotopic (exact) mass is 309 g/mol. The second-order valence-electron chi connectivity index (χ2n) is 6.29. The summed E-state index contributed by atoms with van der Waals surface area (Å²) < 4.78 is 38.2. The van der Waals surface area contributed by atoms with Crippen LogP contribution < -0.4 is 10.6 Å². The van der Waals surface area contributed by atoms with Crippen LogP contribution in [0.25, 0.3) is 0 Å². The van der Waals surface area contributed by atoms with Crippen LogP contribution in [0, 0.1) is 0 Å². The van der Waals surface area contributed by atoms with Crippen molar-refractivity contribution in [3.63, 3.8) is 0 Å². The summed E-state index contributed by atoms with van der Waals surface area (Å²) in [5.74, 6) is -0.343. The second kappa shape index (κ2) is 7.45. The van der Waals surface area contributed by atoms with Crippen molar-refractivity contribution in [2.24, 2.45) is 0 Å². The SMILES string of the molecule is CCC(C)(C)NC(=O)CN(CC(F)(F)F)C1CCNCC1. The van der Waals surface area contributed by atoms with Crippen LogP contribution in [0.2, 0.25) is 0 Å². The lowest BCUT2D eigenvalue weighted by Gasteiger charge is -2.35. The Hall–Kier alpha value is -0.820. The molecular formula is C14H26F3N3O. The maximum Gasteiger partial charge on any atom is 0.401 e. The molecule has 0 atom stereocenters. The fourth-order valence-corrected chi connectivity index (χ4v) is 2.41. The van der Waals surface area contributed by atoms with Gasteiger partial charge in [-0.05, 0) is 46.2 Å². The number of piperidine rings is 1. The number of hydrogen-bond acceptors (Lipinski definition) is 3. The number of carbonyl (C=O) groups excluding carboxylic acids is 1. The number of carbonyl (C=O) groups is 1. The molecule has 7 heteroatoms. The largest absolute Gasteiger partial charge is 0.401 e. The van der Waals surface area contributed by atoms with Crippen molar-refractivity contribution in [1.82, 2.24) is 15.5 Å². The van der Waals surface area contributed by atoms with Crippen LogP contribution in [-0.4, -0.2) is 54.7 Å². The molecule has 0 unspecified atom stereocenters. The van der Waals surface area contributed by atoms with Crippen molar-refractivity contribution in [1.29, 1.82) is 0 Å². The first kappa shape index (κ1) is 18.2. The molecule has 0 aromatic carbocycles. The summed E-state index contributed by atoms with van der Waals surface area (Å²) >= 11 is 0. The highest BCUT2D eigenvalue weighted by molar-refractivity contribution is 5.78. The molecule has 0 radical (unpaired) electrons. The zero-order valence-corrected chi connectivity index (χ0v) is 13.0. The van der Waals surface area contributed by atoms with E-state index in [0.29, 0.717) is 25.9 Å². The molecule has 0 aliphatic carbocycles. The first-order valence-electron chi connectivity index (χ1n) is 7.45. The number of halogens is 3. The minimum absolute atomic E-state index is 0.191. The van der Waals surface area contributed by atoms with E-state index in [1.807, 2.05) is 20.8 Å². The summed E-state index contributed by atoms with van der Waals surface area (Å²) in [6, 6.07) is -0.191. The summed E-state index contributed by atoms with van der Waals surface area (Å²) in [5, 5.41) is 5.92. The molecule has 1 amide bonds. The van der Waals surface area contributed by atoms with Crippen molar-refractivity contribution >= 4 is 5.91 Å². The maximum absolute atomic E-state index is 12.7. The number of alkyl halides is 3. The summed E-state index contributed by atoms with van der Waals surface area (Å²) in [7, 11) is 0. The van der Waals surface area contributed by atoms with E-state index in [-0.39, 0.29) is 18.5 Å². The van der Waals surface area contributed by atoms with E-state index in [0.717, 1.165) is 6.42 Å². The van der Waals surface area contributed by atoms with Gasteiger partial charge in [0.1, 0.15) is 0 Å². The van der Waals surface area contributed by atoms with Gasteiger partial charge in [0, 0.05) is 11.6 Å². The molecular weight excluding hydrogens is 283 g/mol. The molecule has 1 rings (SSSR count). The third-order valence-corrected chi connectivity index (χ3v) is 3.92. The number of amides is 1. The molecule has 0 saturated carbocycles. The lowest BCUT2D eigenvalue weighted by Crippen LogP contribution is -2.53. The topological polar surface area (TPSA) is 44.4 Å². The minimum atomic E-state index is -4.29. The fourth-order valence-electron chi connectivity index (χ4n) is 2.41. The highest BCUT2D eigenvalue weighted by Gasteiger charge is 2.35. The van der Waals surface area contributed by atoms with Crippen molar-refractivity contribution in [3.8, 4) is 0 Å².